The quantitative estimate of drug-likeness (QED) is 0.436. The molecule has 0 bridgehead atoms. The Morgan fingerprint density at radius 3 is 2.81 bits per heavy atom. The van der Waals surface area contributed by atoms with Crippen LogP contribution in [0.5, 0.6) is 0 Å². The topological polar surface area (TPSA) is 72.2 Å². The van der Waals surface area contributed by atoms with Gasteiger partial charge in [-0.05, 0) is 62.6 Å². The molecule has 1 aliphatic rings. The Hall–Kier alpha value is -2.45. The number of nitrogens with zero attached hydrogens (tertiary/aromatic N) is 4. The normalized spacial score (nSPS) is 16.1. The Balaban J connectivity index is 1.38. The van der Waals surface area contributed by atoms with Gasteiger partial charge in [0.25, 0.3) is 0 Å². The lowest BCUT2D eigenvalue weighted by atomic mass is 9.89. The zero-order valence-electron chi connectivity index (χ0n) is 18.2. The van der Waals surface area contributed by atoms with Crippen LogP contribution < -0.4 is 5.32 Å². The number of fused-ring (bicyclic) bond motifs is 5. The fourth-order valence-corrected chi connectivity index (χ4v) is 6.55. The van der Waals surface area contributed by atoms with Crippen LogP contribution in [0.15, 0.2) is 23.6 Å². The zero-order valence-corrected chi connectivity index (χ0v) is 19.8. The van der Waals surface area contributed by atoms with Crippen LogP contribution in [-0.2, 0) is 17.6 Å². The van der Waals surface area contributed by atoms with Crippen LogP contribution in [0.4, 0.5) is 5.69 Å². The van der Waals surface area contributed by atoms with Crippen LogP contribution in [0.2, 0.25) is 0 Å². The lowest BCUT2D eigenvalue weighted by Gasteiger charge is -2.17. The maximum atomic E-state index is 12.6. The van der Waals surface area contributed by atoms with E-state index in [9.17, 15) is 4.79 Å². The molecule has 0 saturated carbocycles. The van der Waals surface area contributed by atoms with Crippen LogP contribution in [0.25, 0.3) is 15.9 Å². The van der Waals surface area contributed by atoms with Crippen LogP contribution in [-0.4, -0.2) is 31.2 Å². The molecular weight excluding hydrogens is 426 g/mol. The highest BCUT2D eigenvalue weighted by molar-refractivity contribution is 7.99. The fraction of sp³-hybridized carbons (Fsp3) is 0.391. The van der Waals surface area contributed by atoms with E-state index in [-0.39, 0.29) is 11.7 Å². The highest BCUT2D eigenvalue weighted by Gasteiger charge is 2.24. The molecule has 1 aromatic carbocycles. The Kier molecular flexibility index (Phi) is 5.22. The van der Waals surface area contributed by atoms with Gasteiger partial charge in [-0.25, -0.2) is 4.98 Å². The smallest absolute Gasteiger partial charge is 0.234 e. The van der Waals surface area contributed by atoms with Gasteiger partial charge < -0.3 is 5.32 Å². The van der Waals surface area contributed by atoms with E-state index < -0.39 is 0 Å². The minimum Gasteiger partial charge on any atom is -0.325 e. The van der Waals surface area contributed by atoms with E-state index >= 15 is 0 Å². The predicted molar refractivity (Wildman–Crippen MR) is 127 cm³/mol. The molecule has 5 rings (SSSR count). The summed E-state index contributed by atoms with van der Waals surface area (Å²) in [5, 5.41) is 13.7. The van der Waals surface area contributed by atoms with Gasteiger partial charge >= 0.3 is 0 Å². The second kappa shape index (κ2) is 7.91. The summed E-state index contributed by atoms with van der Waals surface area (Å²) < 4.78 is 1.92. The molecule has 4 aromatic rings. The van der Waals surface area contributed by atoms with E-state index in [0.717, 1.165) is 51.4 Å². The zero-order chi connectivity index (χ0) is 21.7. The number of carbonyl (C=O) groups is 1. The van der Waals surface area contributed by atoms with Gasteiger partial charge in [-0.2, -0.15) is 0 Å². The Morgan fingerprint density at radius 1 is 1.26 bits per heavy atom. The highest BCUT2D eigenvalue weighted by atomic mass is 32.2. The predicted octanol–water partition coefficient (Wildman–Crippen LogP) is 5.12. The van der Waals surface area contributed by atoms with Crippen molar-refractivity contribution in [3.8, 4) is 0 Å². The molecule has 6 nitrogen and oxygen atoms in total. The number of nitrogens with one attached hydrogen (secondary N) is 1. The number of thioether (sulfide) groups is 1. The number of anilines is 1. The first kappa shape index (κ1) is 20.5. The second-order valence-corrected chi connectivity index (χ2v) is 10.6. The number of hydrogen-bond acceptors (Lipinski definition) is 6. The van der Waals surface area contributed by atoms with Crippen molar-refractivity contribution in [2.45, 2.75) is 52.1 Å². The number of aromatic nitrogens is 4. The molecule has 0 fully saturated rings. The van der Waals surface area contributed by atoms with Crippen molar-refractivity contribution in [2.75, 3.05) is 11.1 Å². The third-order valence-corrected chi connectivity index (χ3v) is 8.05. The first-order valence-corrected chi connectivity index (χ1v) is 12.4. The van der Waals surface area contributed by atoms with Gasteiger partial charge in [0, 0.05) is 10.6 Å². The van der Waals surface area contributed by atoms with E-state index in [1.807, 2.05) is 18.2 Å². The summed E-state index contributed by atoms with van der Waals surface area (Å²) >= 11 is 3.18. The second-order valence-electron chi connectivity index (χ2n) is 8.56. The molecular formula is C23H25N5OS2. The maximum Gasteiger partial charge on any atom is 0.234 e. The van der Waals surface area contributed by atoms with Gasteiger partial charge in [-0.1, -0.05) is 36.4 Å². The first-order chi connectivity index (χ1) is 14.9. The summed E-state index contributed by atoms with van der Waals surface area (Å²) in [5.74, 6) is 0.942. The fourth-order valence-electron chi connectivity index (χ4n) is 4.50. The van der Waals surface area contributed by atoms with Crippen molar-refractivity contribution < 1.29 is 4.79 Å². The van der Waals surface area contributed by atoms with Gasteiger partial charge in [0.05, 0.1) is 11.1 Å². The molecule has 1 N–H and O–H groups in total. The number of hydrogen-bond donors (Lipinski definition) is 1. The number of benzene rings is 1. The van der Waals surface area contributed by atoms with E-state index in [2.05, 4.69) is 46.5 Å². The summed E-state index contributed by atoms with van der Waals surface area (Å²) in [6.45, 7) is 8.42. The summed E-state index contributed by atoms with van der Waals surface area (Å²) in [6, 6.07) is 4.17. The molecule has 3 aromatic heterocycles. The third kappa shape index (κ3) is 3.72. The molecule has 0 unspecified atom stereocenters. The summed E-state index contributed by atoms with van der Waals surface area (Å²) in [4.78, 5) is 19.8. The standard InChI is InChI=1S/C23H25N5OS2/c1-12-5-6-16-17(9-12)31-22-19(16)21-26-27-23(28(21)11-24-22)30-10-18(29)25-20-14(3)7-13(2)8-15(20)4/h7-8,11-12H,5-6,9-10H2,1-4H3,(H,25,29)/t12-/m1/s1. The van der Waals surface area contributed by atoms with Gasteiger partial charge in [-0.3, -0.25) is 9.20 Å². The van der Waals surface area contributed by atoms with Gasteiger partial charge in [0.2, 0.25) is 5.91 Å². The summed E-state index contributed by atoms with van der Waals surface area (Å²) in [7, 11) is 0. The Bertz CT molecular complexity index is 1300. The van der Waals surface area contributed by atoms with Crippen LogP contribution >= 0.6 is 23.1 Å². The minimum absolute atomic E-state index is 0.0484. The van der Waals surface area contributed by atoms with Gasteiger partial charge in [-0.15, -0.1) is 21.5 Å². The number of carbonyl (C=O) groups excluding carboxylic acids is 1. The third-order valence-electron chi connectivity index (χ3n) is 5.95. The number of thiophene rings is 1. The monoisotopic (exact) mass is 451 g/mol. The number of rotatable bonds is 4. The maximum absolute atomic E-state index is 12.6. The van der Waals surface area contributed by atoms with Crippen LogP contribution in [0.3, 0.4) is 0 Å². The van der Waals surface area contributed by atoms with E-state index in [0.29, 0.717) is 5.16 Å². The van der Waals surface area contributed by atoms with Gasteiger partial charge in [0.1, 0.15) is 11.2 Å². The van der Waals surface area contributed by atoms with Crippen molar-refractivity contribution in [2.24, 2.45) is 5.92 Å². The highest BCUT2D eigenvalue weighted by Crippen LogP contribution is 2.39. The first-order valence-electron chi connectivity index (χ1n) is 10.5. The summed E-state index contributed by atoms with van der Waals surface area (Å²) in [5.41, 5.74) is 6.48. The van der Waals surface area contributed by atoms with E-state index in [1.54, 1.807) is 17.7 Å². The Labute approximate surface area is 189 Å². The molecule has 1 aliphatic carbocycles. The van der Waals surface area contributed by atoms with Crippen molar-refractivity contribution in [3.05, 3.63) is 45.6 Å². The SMILES string of the molecule is Cc1cc(C)c(NC(=O)CSc2nnc3c4c5c(sc4ncn23)C[C@H](C)CC5)c(C)c1. The average molecular weight is 452 g/mol. The van der Waals surface area contributed by atoms with Crippen molar-refractivity contribution >= 4 is 50.6 Å². The molecule has 0 aliphatic heterocycles. The molecule has 0 spiro atoms. The van der Waals surface area contributed by atoms with E-state index in [1.165, 1.54) is 34.2 Å². The molecule has 160 valence electrons. The molecule has 8 heteroatoms. The van der Waals surface area contributed by atoms with Gasteiger partial charge in [0.15, 0.2) is 10.8 Å². The molecule has 1 atom stereocenters. The molecule has 0 saturated heterocycles. The molecule has 3 heterocycles. The lowest BCUT2D eigenvalue weighted by molar-refractivity contribution is -0.113. The largest absolute Gasteiger partial charge is 0.325 e. The molecule has 1 amide bonds. The van der Waals surface area contributed by atoms with Crippen LogP contribution in [0, 0.1) is 26.7 Å². The van der Waals surface area contributed by atoms with Crippen molar-refractivity contribution in [1.29, 1.82) is 0 Å². The van der Waals surface area contributed by atoms with Crippen molar-refractivity contribution in [3.63, 3.8) is 0 Å². The number of aryl methyl sites for hydroxylation is 4. The molecule has 0 radical (unpaired) electrons. The molecule has 31 heavy (non-hydrogen) atoms. The Morgan fingerprint density at radius 2 is 2.03 bits per heavy atom. The summed E-state index contributed by atoms with van der Waals surface area (Å²) in [6.07, 6.45) is 5.19. The average Bonchev–Trinajstić information content (AvgIpc) is 3.29. The minimum atomic E-state index is -0.0484. The van der Waals surface area contributed by atoms with Crippen molar-refractivity contribution in [1.82, 2.24) is 19.6 Å². The van der Waals surface area contributed by atoms with Crippen LogP contribution in [0.1, 0.15) is 40.5 Å². The number of amides is 1. The van der Waals surface area contributed by atoms with E-state index in [4.69, 9.17) is 0 Å². The lowest BCUT2D eigenvalue weighted by Crippen LogP contribution is -2.16.